The Balaban J connectivity index is 3.09. The third-order valence-electron chi connectivity index (χ3n) is 2.87. The van der Waals surface area contributed by atoms with E-state index in [1.807, 2.05) is 0 Å². The number of rotatable bonds is 3. The van der Waals surface area contributed by atoms with Gasteiger partial charge in [0.1, 0.15) is 12.8 Å². The summed E-state index contributed by atoms with van der Waals surface area (Å²) in [4.78, 5) is 10.0. The highest BCUT2D eigenvalue weighted by Gasteiger charge is 2.63. The van der Waals surface area contributed by atoms with E-state index in [0.29, 0.717) is 0 Å². The Labute approximate surface area is 90.3 Å². The lowest BCUT2D eigenvalue weighted by Gasteiger charge is -2.41. The van der Waals surface area contributed by atoms with Crippen molar-refractivity contribution in [1.29, 1.82) is 0 Å². The molecule has 1 heterocycles. The number of alkyl halides is 2. The molecule has 0 unspecified atom stereocenters. The standard InChI is InChI=1S/C8H13F2NO5/c1-8(11(13)14)5(12)4(3-9)16-7(10)6(8)15-2/h4-7,12H,3H2,1-2H3/t4-,5-,6-,7-,8-/m0/s1. The van der Waals surface area contributed by atoms with Gasteiger partial charge in [-0.25, -0.2) is 8.78 Å². The van der Waals surface area contributed by atoms with Gasteiger partial charge in [-0.2, -0.15) is 0 Å². The van der Waals surface area contributed by atoms with Crippen LogP contribution in [0, 0.1) is 10.1 Å². The average Bonchev–Trinajstić information content (AvgIpc) is 2.23. The topological polar surface area (TPSA) is 81.8 Å². The molecule has 0 aromatic carbocycles. The molecule has 1 saturated heterocycles. The minimum Gasteiger partial charge on any atom is -0.383 e. The molecule has 0 radical (unpaired) electrons. The molecule has 1 rings (SSSR count). The van der Waals surface area contributed by atoms with Crippen molar-refractivity contribution in [1.82, 2.24) is 0 Å². The van der Waals surface area contributed by atoms with Crippen molar-refractivity contribution in [3.05, 3.63) is 10.1 Å². The first kappa shape index (κ1) is 13.2. The van der Waals surface area contributed by atoms with Gasteiger partial charge in [-0.3, -0.25) is 10.1 Å². The van der Waals surface area contributed by atoms with Gasteiger partial charge in [-0.05, 0) is 0 Å². The highest BCUT2D eigenvalue weighted by atomic mass is 19.1. The number of aliphatic hydroxyl groups is 1. The zero-order valence-electron chi connectivity index (χ0n) is 8.80. The lowest BCUT2D eigenvalue weighted by Crippen LogP contribution is -2.68. The van der Waals surface area contributed by atoms with Crippen molar-refractivity contribution < 1.29 is 28.3 Å². The van der Waals surface area contributed by atoms with E-state index in [1.165, 1.54) is 0 Å². The molecule has 0 aromatic heterocycles. The second-order valence-corrected chi connectivity index (χ2v) is 3.76. The molecule has 0 bridgehead atoms. The van der Waals surface area contributed by atoms with E-state index in [0.717, 1.165) is 14.0 Å². The molecule has 0 aliphatic carbocycles. The number of hydrogen-bond acceptors (Lipinski definition) is 5. The van der Waals surface area contributed by atoms with Gasteiger partial charge >= 0.3 is 0 Å². The molecule has 8 heteroatoms. The van der Waals surface area contributed by atoms with Crippen molar-refractivity contribution in [2.45, 2.75) is 37.1 Å². The van der Waals surface area contributed by atoms with Crippen LogP contribution in [0.1, 0.15) is 6.92 Å². The van der Waals surface area contributed by atoms with Crippen molar-refractivity contribution in [3.8, 4) is 0 Å². The number of ether oxygens (including phenoxy) is 2. The van der Waals surface area contributed by atoms with Crippen LogP contribution in [-0.2, 0) is 9.47 Å². The molecule has 6 nitrogen and oxygen atoms in total. The monoisotopic (exact) mass is 241 g/mol. The van der Waals surface area contributed by atoms with E-state index >= 15 is 0 Å². The first-order chi connectivity index (χ1) is 7.39. The fourth-order valence-electron chi connectivity index (χ4n) is 1.80. The maximum absolute atomic E-state index is 13.4. The molecule has 0 aromatic rings. The molecule has 16 heavy (non-hydrogen) atoms. The summed E-state index contributed by atoms with van der Waals surface area (Å²) in [6.07, 6.45) is -7.06. The van der Waals surface area contributed by atoms with E-state index in [1.54, 1.807) is 0 Å². The fraction of sp³-hybridized carbons (Fsp3) is 1.00. The average molecular weight is 241 g/mol. The van der Waals surface area contributed by atoms with Crippen LogP contribution in [0.4, 0.5) is 8.78 Å². The van der Waals surface area contributed by atoms with Crippen LogP contribution in [-0.4, -0.2) is 54.0 Å². The van der Waals surface area contributed by atoms with Crippen LogP contribution >= 0.6 is 0 Å². The van der Waals surface area contributed by atoms with Crippen LogP contribution in [0.15, 0.2) is 0 Å². The van der Waals surface area contributed by atoms with Gasteiger partial charge in [-0.1, -0.05) is 0 Å². The summed E-state index contributed by atoms with van der Waals surface area (Å²) in [5, 5.41) is 20.5. The minimum atomic E-state index is -2.15. The Kier molecular flexibility index (Phi) is 3.76. The van der Waals surface area contributed by atoms with Gasteiger partial charge < -0.3 is 14.6 Å². The highest BCUT2D eigenvalue weighted by Crippen LogP contribution is 2.34. The SMILES string of the molecule is CO[C@H]1[C@@H](F)O[C@@H](CF)[C@H](O)[C@]1(C)[N+](=O)[O-]. The Morgan fingerprint density at radius 1 is 1.69 bits per heavy atom. The normalized spacial score (nSPS) is 44.3. The lowest BCUT2D eigenvalue weighted by atomic mass is 9.83. The van der Waals surface area contributed by atoms with Crippen LogP contribution in [0.3, 0.4) is 0 Å². The zero-order chi connectivity index (χ0) is 12.5. The molecule has 0 saturated carbocycles. The molecule has 1 N–H and O–H groups in total. The zero-order valence-corrected chi connectivity index (χ0v) is 8.80. The highest BCUT2D eigenvalue weighted by molar-refractivity contribution is 5.00. The molecule has 94 valence electrons. The van der Waals surface area contributed by atoms with E-state index in [9.17, 15) is 24.0 Å². The lowest BCUT2D eigenvalue weighted by molar-refractivity contribution is -0.607. The van der Waals surface area contributed by atoms with Crippen molar-refractivity contribution in [2.75, 3.05) is 13.8 Å². The molecule has 1 aliphatic rings. The van der Waals surface area contributed by atoms with E-state index in [-0.39, 0.29) is 0 Å². The smallest absolute Gasteiger partial charge is 0.278 e. The Hall–Kier alpha value is -0.860. The Bertz CT molecular complexity index is 279. The summed E-state index contributed by atoms with van der Waals surface area (Å²) in [5.41, 5.74) is -2.14. The van der Waals surface area contributed by atoms with Crippen LogP contribution in [0.25, 0.3) is 0 Å². The number of hydrogen-bond donors (Lipinski definition) is 1. The predicted molar refractivity (Wildman–Crippen MR) is 47.9 cm³/mol. The van der Waals surface area contributed by atoms with Gasteiger partial charge in [0.15, 0.2) is 12.2 Å². The van der Waals surface area contributed by atoms with Crippen molar-refractivity contribution in [2.24, 2.45) is 0 Å². The summed E-state index contributed by atoms with van der Waals surface area (Å²) in [7, 11) is 1.06. The molecular weight excluding hydrogens is 228 g/mol. The number of nitro groups is 1. The van der Waals surface area contributed by atoms with Gasteiger partial charge in [-0.15, -0.1) is 0 Å². The molecule has 0 spiro atoms. The van der Waals surface area contributed by atoms with Gasteiger partial charge in [0.25, 0.3) is 5.54 Å². The van der Waals surface area contributed by atoms with Crippen LogP contribution < -0.4 is 0 Å². The maximum atomic E-state index is 13.4. The largest absolute Gasteiger partial charge is 0.383 e. The molecule has 0 amide bonds. The quantitative estimate of drug-likeness (QED) is 0.558. The maximum Gasteiger partial charge on any atom is 0.278 e. The van der Waals surface area contributed by atoms with Crippen molar-refractivity contribution in [3.63, 3.8) is 0 Å². The minimum absolute atomic E-state index is 0.871. The Morgan fingerprint density at radius 3 is 2.62 bits per heavy atom. The third-order valence-corrected chi connectivity index (χ3v) is 2.87. The van der Waals surface area contributed by atoms with Crippen molar-refractivity contribution >= 4 is 0 Å². The first-order valence-corrected chi connectivity index (χ1v) is 4.60. The second-order valence-electron chi connectivity index (χ2n) is 3.76. The van der Waals surface area contributed by atoms with Gasteiger partial charge in [0, 0.05) is 19.0 Å². The molecule has 1 fully saturated rings. The van der Waals surface area contributed by atoms with E-state index in [4.69, 9.17) is 0 Å². The summed E-state index contributed by atoms with van der Waals surface area (Å²) in [6.45, 7) is -0.203. The summed E-state index contributed by atoms with van der Waals surface area (Å²) in [6, 6.07) is 0. The summed E-state index contributed by atoms with van der Waals surface area (Å²) < 4.78 is 34.9. The second kappa shape index (κ2) is 4.56. The third kappa shape index (κ3) is 1.76. The predicted octanol–water partition coefficient (Wildman–Crippen LogP) is 0.0616. The fourth-order valence-corrected chi connectivity index (χ4v) is 1.80. The van der Waals surface area contributed by atoms with Gasteiger partial charge in [0.05, 0.1) is 0 Å². The van der Waals surface area contributed by atoms with E-state index < -0.39 is 41.8 Å². The first-order valence-electron chi connectivity index (χ1n) is 4.60. The number of nitrogens with zero attached hydrogens (tertiary/aromatic N) is 1. The molecule has 1 aliphatic heterocycles. The van der Waals surface area contributed by atoms with Crippen LogP contribution in [0.2, 0.25) is 0 Å². The summed E-state index contributed by atoms with van der Waals surface area (Å²) in [5.74, 6) is 0. The number of halogens is 2. The molecule has 5 atom stereocenters. The summed E-state index contributed by atoms with van der Waals surface area (Å²) >= 11 is 0. The van der Waals surface area contributed by atoms with E-state index in [2.05, 4.69) is 9.47 Å². The number of aliphatic hydroxyl groups excluding tert-OH is 1. The van der Waals surface area contributed by atoms with Crippen LogP contribution in [0.5, 0.6) is 0 Å². The molecular formula is C8H13F2NO5. The number of methoxy groups -OCH3 is 1. The van der Waals surface area contributed by atoms with Gasteiger partial charge in [0.2, 0.25) is 6.36 Å². The Morgan fingerprint density at radius 2 is 2.25 bits per heavy atom.